The molecule has 0 aliphatic carbocycles. The fraction of sp³-hybridized carbons (Fsp3) is 0.409. The van der Waals surface area contributed by atoms with Crippen LogP contribution in [0.25, 0.3) is 0 Å². The molecule has 0 radical (unpaired) electrons. The molecule has 1 fully saturated rings. The van der Waals surface area contributed by atoms with E-state index in [0.29, 0.717) is 26.2 Å². The average Bonchev–Trinajstić information content (AvgIpc) is 2.73. The summed E-state index contributed by atoms with van der Waals surface area (Å²) in [7, 11) is -3.85. The molecule has 162 valence electrons. The molecule has 0 N–H and O–H groups in total. The number of piperazine rings is 1. The van der Waals surface area contributed by atoms with Crippen LogP contribution in [0.1, 0.15) is 18.9 Å². The molecular weight excluding hydrogens is 405 g/mol. The average molecular weight is 434 g/mol. The zero-order chi connectivity index (χ0) is 21.7. The Balaban J connectivity index is 1.73. The van der Waals surface area contributed by atoms with Gasteiger partial charge in [-0.25, -0.2) is 12.8 Å². The molecule has 6 nitrogen and oxygen atoms in total. The smallest absolute Gasteiger partial charge is 0.246 e. The lowest BCUT2D eigenvalue weighted by Crippen LogP contribution is -2.55. The van der Waals surface area contributed by atoms with Crippen molar-refractivity contribution in [1.82, 2.24) is 9.80 Å². The van der Waals surface area contributed by atoms with Crippen LogP contribution in [0.3, 0.4) is 0 Å². The first-order valence-corrected chi connectivity index (χ1v) is 11.9. The van der Waals surface area contributed by atoms with Crippen molar-refractivity contribution in [3.05, 3.63) is 66.0 Å². The summed E-state index contributed by atoms with van der Waals surface area (Å²) in [4.78, 5) is 17.2. The number of halogens is 1. The first kappa shape index (κ1) is 22.2. The highest BCUT2D eigenvalue weighted by molar-refractivity contribution is 7.92. The van der Waals surface area contributed by atoms with E-state index < -0.39 is 21.9 Å². The SMILES string of the molecule is CC[C@H](C(=O)N1CCN(Cc2ccccc2)CC1)N(c1ccccc1F)S(C)(=O)=O. The number of hydrogen-bond acceptors (Lipinski definition) is 4. The van der Waals surface area contributed by atoms with Gasteiger partial charge in [-0.3, -0.25) is 14.0 Å². The lowest BCUT2D eigenvalue weighted by atomic mass is 10.1. The minimum absolute atomic E-state index is 0.0945. The molecule has 1 heterocycles. The van der Waals surface area contributed by atoms with E-state index in [1.165, 1.54) is 23.8 Å². The predicted molar refractivity (Wildman–Crippen MR) is 116 cm³/mol. The van der Waals surface area contributed by atoms with Gasteiger partial charge in [0.2, 0.25) is 15.9 Å². The van der Waals surface area contributed by atoms with Crippen LogP contribution in [0.4, 0.5) is 10.1 Å². The second-order valence-corrected chi connectivity index (χ2v) is 9.38. The van der Waals surface area contributed by atoms with E-state index in [1.807, 2.05) is 18.2 Å². The highest BCUT2D eigenvalue weighted by atomic mass is 32.2. The second kappa shape index (κ2) is 9.57. The molecule has 8 heteroatoms. The number of rotatable bonds is 7. The Labute approximate surface area is 177 Å². The molecule has 0 bridgehead atoms. The van der Waals surface area contributed by atoms with E-state index in [1.54, 1.807) is 17.9 Å². The summed E-state index contributed by atoms with van der Waals surface area (Å²) in [6, 6.07) is 14.8. The number of para-hydroxylation sites is 1. The molecule has 2 aromatic carbocycles. The van der Waals surface area contributed by atoms with E-state index >= 15 is 0 Å². The van der Waals surface area contributed by atoms with Gasteiger partial charge in [-0.05, 0) is 24.1 Å². The monoisotopic (exact) mass is 433 g/mol. The Morgan fingerprint density at radius 1 is 1.03 bits per heavy atom. The fourth-order valence-electron chi connectivity index (χ4n) is 3.83. The highest BCUT2D eigenvalue weighted by Crippen LogP contribution is 2.26. The molecule has 3 rings (SSSR count). The number of carbonyl (C=O) groups excluding carboxylic acids is 1. The summed E-state index contributed by atoms with van der Waals surface area (Å²) in [6.07, 6.45) is 1.26. The van der Waals surface area contributed by atoms with Crippen LogP contribution in [0, 0.1) is 5.82 Å². The molecule has 1 atom stereocenters. The van der Waals surface area contributed by atoms with Gasteiger partial charge in [0.25, 0.3) is 0 Å². The van der Waals surface area contributed by atoms with Gasteiger partial charge in [0, 0.05) is 32.7 Å². The Bertz CT molecular complexity index is 961. The molecule has 1 aliphatic rings. The lowest BCUT2D eigenvalue weighted by Gasteiger charge is -2.39. The van der Waals surface area contributed by atoms with Crippen LogP contribution in [-0.2, 0) is 21.4 Å². The maximum Gasteiger partial charge on any atom is 0.246 e. The Kier molecular flexibility index (Phi) is 7.10. The first-order valence-electron chi connectivity index (χ1n) is 10.1. The van der Waals surface area contributed by atoms with Crippen molar-refractivity contribution in [2.75, 3.05) is 36.7 Å². The van der Waals surface area contributed by atoms with E-state index in [9.17, 15) is 17.6 Å². The Hall–Kier alpha value is -2.45. The summed E-state index contributed by atoms with van der Waals surface area (Å²) in [5, 5.41) is 0. The number of anilines is 1. The molecule has 0 spiro atoms. The van der Waals surface area contributed by atoms with Crippen LogP contribution >= 0.6 is 0 Å². The van der Waals surface area contributed by atoms with Crippen LogP contribution in [0.2, 0.25) is 0 Å². The van der Waals surface area contributed by atoms with Gasteiger partial charge in [-0.15, -0.1) is 0 Å². The molecule has 2 aromatic rings. The van der Waals surface area contributed by atoms with E-state index in [4.69, 9.17) is 0 Å². The highest BCUT2D eigenvalue weighted by Gasteiger charge is 2.36. The van der Waals surface area contributed by atoms with Crippen molar-refractivity contribution in [3.63, 3.8) is 0 Å². The number of hydrogen-bond donors (Lipinski definition) is 0. The molecule has 0 unspecified atom stereocenters. The van der Waals surface area contributed by atoms with Crippen molar-refractivity contribution in [2.24, 2.45) is 0 Å². The van der Waals surface area contributed by atoms with Crippen molar-refractivity contribution in [3.8, 4) is 0 Å². The standard InChI is InChI=1S/C22H28FN3O3S/c1-3-20(26(30(2,28)29)21-12-8-7-11-19(21)23)22(27)25-15-13-24(14-16-25)17-18-9-5-4-6-10-18/h4-12,20H,3,13-17H2,1-2H3/t20-/m1/s1. The molecule has 1 amide bonds. The second-order valence-electron chi connectivity index (χ2n) is 7.52. The van der Waals surface area contributed by atoms with Gasteiger partial charge in [0.15, 0.2) is 0 Å². The number of carbonyl (C=O) groups is 1. The summed E-state index contributed by atoms with van der Waals surface area (Å²) in [6.45, 7) is 4.98. The predicted octanol–water partition coefficient (Wildman–Crippen LogP) is 2.71. The van der Waals surface area contributed by atoms with Gasteiger partial charge in [-0.2, -0.15) is 0 Å². The van der Waals surface area contributed by atoms with Crippen LogP contribution in [0.5, 0.6) is 0 Å². The lowest BCUT2D eigenvalue weighted by molar-refractivity contribution is -0.134. The number of amides is 1. The molecule has 1 saturated heterocycles. The summed E-state index contributed by atoms with van der Waals surface area (Å²) < 4.78 is 40.3. The van der Waals surface area contributed by atoms with Crippen LogP contribution < -0.4 is 4.31 Å². The zero-order valence-corrected chi connectivity index (χ0v) is 18.2. The van der Waals surface area contributed by atoms with E-state index in [2.05, 4.69) is 17.0 Å². The van der Waals surface area contributed by atoms with E-state index in [-0.39, 0.29) is 18.0 Å². The fourth-order valence-corrected chi connectivity index (χ4v) is 5.03. The maximum absolute atomic E-state index is 14.4. The molecule has 30 heavy (non-hydrogen) atoms. The van der Waals surface area contributed by atoms with Crippen molar-refractivity contribution < 1.29 is 17.6 Å². The third-order valence-electron chi connectivity index (χ3n) is 5.33. The van der Waals surface area contributed by atoms with E-state index in [0.717, 1.165) is 17.1 Å². The quantitative estimate of drug-likeness (QED) is 0.674. The maximum atomic E-state index is 14.4. The third kappa shape index (κ3) is 5.17. The van der Waals surface area contributed by atoms with Crippen molar-refractivity contribution >= 4 is 21.6 Å². The molecule has 0 saturated carbocycles. The van der Waals surface area contributed by atoms with Crippen molar-refractivity contribution in [2.45, 2.75) is 25.9 Å². The summed E-state index contributed by atoms with van der Waals surface area (Å²) in [5.74, 6) is -0.951. The molecular formula is C22H28FN3O3S. The molecule has 0 aromatic heterocycles. The minimum Gasteiger partial charge on any atom is -0.338 e. The normalized spacial score (nSPS) is 16.3. The van der Waals surface area contributed by atoms with Crippen LogP contribution in [-0.4, -0.2) is 62.6 Å². The number of nitrogens with zero attached hydrogens (tertiary/aromatic N) is 3. The Morgan fingerprint density at radius 3 is 2.20 bits per heavy atom. The summed E-state index contributed by atoms with van der Waals surface area (Å²) in [5.41, 5.74) is 1.12. The zero-order valence-electron chi connectivity index (χ0n) is 17.4. The topological polar surface area (TPSA) is 60.9 Å². The van der Waals surface area contributed by atoms with Gasteiger partial charge in [0.05, 0.1) is 11.9 Å². The number of sulfonamides is 1. The van der Waals surface area contributed by atoms with Gasteiger partial charge < -0.3 is 4.90 Å². The van der Waals surface area contributed by atoms with Gasteiger partial charge in [-0.1, -0.05) is 49.4 Å². The first-order chi connectivity index (χ1) is 14.3. The minimum atomic E-state index is -3.85. The Morgan fingerprint density at radius 2 is 1.63 bits per heavy atom. The summed E-state index contributed by atoms with van der Waals surface area (Å²) >= 11 is 0. The molecule has 1 aliphatic heterocycles. The number of benzene rings is 2. The largest absolute Gasteiger partial charge is 0.338 e. The van der Waals surface area contributed by atoms with Crippen LogP contribution in [0.15, 0.2) is 54.6 Å². The third-order valence-corrected chi connectivity index (χ3v) is 6.50. The van der Waals surface area contributed by atoms with Crippen molar-refractivity contribution in [1.29, 1.82) is 0 Å². The van der Waals surface area contributed by atoms with Gasteiger partial charge >= 0.3 is 0 Å². The van der Waals surface area contributed by atoms with Gasteiger partial charge in [0.1, 0.15) is 11.9 Å².